The van der Waals surface area contributed by atoms with Gasteiger partial charge in [0.15, 0.2) is 0 Å². The number of anilines is 1. The van der Waals surface area contributed by atoms with Gasteiger partial charge in [-0.05, 0) is 54.4 Å². The number of hydrogen-bond donors (Lipinski definition) is 2. The fourth-order valence-electron chi connectivity index (χ4n) is 3.17. The molecule has 0 radical (unpaired) electrons. The van der Waals surface area contributed by atoms with Crippen LogP contribution in [0.4, 0.5) is 10.5 Å². The Morgan fingerprint density at radius 2 is 1.65 bits per heavy atom. The number of amides is 2. The minimum absolute atomic E-state index is 0.568. The molecule has 3 N–H and O–H groups in total. The lowest BCUT2D eigenvalue weighted by atomic mass is 10.0. The van der Waals surface area contributed by atoms with Crippen molar-refractivity contribution < 1.29 is 4.79 Å². The molecule has 128 valence electrons. The molecule has 0 fully saturated rings. The summed E-state index contributed by atoms with van der Waals surface area (Å²) >= 11 is 0. The number of nitrogens with two attached hydrogens (primary N) is 1. The summed E-state index contributed by atoms with van der Waals surface area (Å²) in [6.07, 6.45) is 0. The highest BCUT2D eigenvalue weighted by atomic mass is 16.2. The van der Waals surface area contributed by atoms with Gasteiger partial charge in [-0.15, -0.1) is 0 Å². The molecular weight excluding hydrogens is 324 g/mol. The average molecular weight is 342 g/mol. The molecule has 26 heavy (non-hydrogen) atoms. The van der Waals surface area contributed by atoms with Gasteiger partial charge in [-0.3, -0.25) is 4.57 Å². The number of nitrogens with one attached hydrogen (secondary N) is 1. The number of hydrogen-bond acceptors (Lipinski definition) is 2. The van der Waals surface area contributed by atoms with E-state index in [9.17, 15) is 4.79 Å². The van der Waals surface area contributed by atoms with E-state index in [0.717, 1.165) is 33.7 Å². The number of imidazole rings is 1. The van der Waals surface area contributed by atoms with E-state index in [2.05, 4.69) is 40.2 Å². The summed E-state index contributed by atoms with van der Waals surface area (Å²) in [6.45, 7) is 2.01. The Kier molecular flexibility index (Phi) is 3.89. The number of nitrogens with zero attached hydrogens (tertiary/aromatic N) is 2. The zero-order valence-corrected chi connectivity index (χ0v) is 14.3. The zero-order valence-electron chi connectivity index (χ0n) is 14.3. The molecule has 0 aliphatic heterocycles. The van der Waals surface area contributed by atoms with Crippen molar-refractivity contribution in [1.82, 2.24) is 9.55 Å². The number of aromatic nitrogens is 2. The van der Waals surface area contributed by atoms with Crippen LogP contribution in [-0.4, -0.2) is 15.6 Å². The van der Waals surface area contributed by atoms with Crippen molar-refractivity contribution in [3.05, 3.63) is 78.6 Å². The highest BCUT2D eigenvalue weighted by Crippen LogP contribution is 2.27. The molecule has 0 aliphatic rings. The molecule has 0 atom stereocenters. The molecular formula is C21H18N4O. The van der Waals surface area contributed by atoms with Gasteiger partial charge < -0.3 is 11.1 Å². The summed E-state index contributed by atoms with van der Waals surface area (Å²) in [5.41, 5.74) is 11.1. The van der Waals surface area contributed by atoms with Crippen LogP contribution < -0.4 is 11.1 Å². The molecule has 0 saturated carbocycles. The van der Waals surface area contributed by atoms with Crippen molar-refractivity contribution in [3.63, 3.8) is 0 Å². The summed E-state index contributed by atoms with van der Waals surface area (Å²) < 4.78 is 2.15. The second-order valence-corrected chi connectivity index (χ2v) is 6.10. The second-order valence-electron chi connectivity index (χ2n) is 6.10. The number of rotatable bonds is 3. The lowest BCUT2D eigenvalue weighted by Crippen LogP contribution is -2.19. The van der Waals surface area contributed by atoms with Crippen LogP contribution in [-0.2, 0) is 0 Å². The van der Waals surface area contributed by atoms with Crippen molar-refractivity contribution >= 4 is 22.8 Å². The maximum atomic E-state index is 10.9. The van der Waals surface area contributed by atoms with Crippen molar-refractivity contribution in [2.45, 2.75) is 6.92 Å². The van der Waals surface area contributed by atoms with Crippen molar-refractivity contribution in [1.29, 1.82) is 0 Å². The molecule has 5 nitrogen and oxygen atoms in total. The number of primary amides is 1. The first-order valence-electron chi connectivity index (χ1n) is 8.33. The monoisotopic (exact) mass is 342 g/mol. The third kappa shape index (κ3) is 2.91. The van der Waals surface area contributed by atoms with Gasteiger partial charge in [-0.2, -0.15) is 0 Å². The van der Waals surface area contributed by atoms with Crippen molar-refractivity contribution in [2.75, 3.05) is 5.32 Å². The molecule has 0 spiro atoms. The summed E-state index contributed by atoms with van der Waals surface area (Å²) in [6, 6.07) is 23.5. The summed E-state index contributed by atoms with van der Waals surface area (Å²) in [5.74, 6) is 0.948. The average Bonchev–Trinajstić information content (AvgIpc) is 2.97. The fourth-order valence-corrected chi connectivity index (χ4v) is 3.17. The first kappa shape index (κ1) is 15.9. The Labute approximate surface area is 151 Å². The van der Waals surface area contributed by atoms with Crippen LogP contribution in [0, 0.1) is 6.92 Å². The molecule has 0 bridgehead atoms. The van der Waals surface area contributed by atoms with E-state index in [1.807, 2.05) is 49.4 Å². The molecule has 5 heteroatoms. The smallest absolute Gasteiger partial charge is 0.316 e. The molecule has 4 rings (SSSR count). The van der Waals surface area contributed by atoms with Crippen molar-refractivity contribution in [2.24, 2.45) is 5.73 Å². The molecule has 1 aromatic heterocycles. The molecule has 3 aromatic carbocycles. The topological polar surface area (TPSA) is 72.9 Å². The molecule has 0 unspecified atom stereocenters. The first-order valence-corrected chi connectivity index (χ1v) is 8.33. The third-order valence-electron chi connectivity index (χ3n) is 4.32. The Morgan fingerprint density at radius 1 is 0.962 bits per heavy atom. The standard InChI is InChI=1S/C21H18N4O/c1-14-23-19-13-16(15-7-10-17(11-8-15)24-21(22)26)9-12-20(19)25(14)18-5-3-2-4-6-18/h2-13H,1H3,(H3,22,24,26). The Balaban J connectivity index is 1.74. The maximum Gasteiger partial charge on any atom is 0.316 e. The zero-order chi connectivity index (χ0) is 18.1. The molecule has 4 aromatic rings. The first-order chi connectivity index (χ1) is 12.6. The van der Waals surface area contributed by atoms with E-state index < -0.39 is 6.03 Å². The van der Waals surface area contributed by atoms with Gasteiger partial charge in [0.25, 0.3) is 0 Å². The lowest BCUT2D eigenvalue weighted by molar-refractivity contribution is 0.259. The number of carbonyl (C=O) groups is 1. The van der Waals surface area contributed by atoms with Crippen LogP contribution in [0.5, 0.6) is 0 Å². The second kappa shape index (κ2) is 6.37. The van der Waals surface area contributed by atoms with Gasteiger partial charge in [-0.1, -0.05) is 36.4 Å². The van der Waals surface area contributed by atoms with Gasteiger partial charge in [0.1, 0.15) is 5.82 Å². The van der Waals surface area contributed by atoms with Crippen LogP contribution >= 0.6 is 0 Å². The molecule has 1 heterocycles. The van der Waals surface area contributed by atoms with Crippen molar-refractivity contribution in [3.8, 4) is 16.8 Å². The quantitative estimate of drug-likeness (QED) is 0.576. The normalized spacial score (nSPS) is 10.8. The summed E-state index contributed by atoms with van der Waals surface area (Å²) in [7, 11) is 0. The van der Waals surface area contributed by atoms with Crippen LogP contribution in [0.3, 0.4) is 0 Å². The minimum Gasteiger partial charge on any atom is -0.351 e. The van der Waals surface area contributed by atoms with E-state index in [1.165, 1.54) is 0 Å². The van der Waals surface area contributed by atoms with Crippen LogP contribution in [0.2, 0.25) is 0 Å². The van der Waals surface area contributed by atoms with E-state index >= 15 is 0 Å². The SMILES string of the molecule is Cc1nc2cc(-c3ccc(NC(N)=O)cc3)ccc2n1-c1ccccc1. The third-order valence-corrected chi connectivity index (χ3v) is 4.32. The number of aryl methyl sites for hydroxylation is 1. The molecule has 0 aliphatic carbocycles. The maximum absolute atomic E-state index is 10.9. The molecule has 2 amide bonds. The van der Waals surface area contributed by atoms with Crippen LogP contribution in [0.1, 0.15) is 5.82 Å². The largest absolute Gasteiger partial charge is 0.351 e. The van der Waals surface area contributed by atoms with Crippen LogP contribution in [0.25, 0.3) is 27.8 Å². The van der Waals surface area contributed by atoms with Gasteiger partial charge in [0.05, 0.1) is 11.0 Å². The van der Waals surface area contributed by atoms with E-state index in [0.29, 0.717) is 5.69 Å². The Bertz CT molecular complexity index is 1080. The molecule has 0 saturated heterocycles. The number of fused-ring (bicyclic) bond motifs is 1. The van der Waals surface area contributed by atoms with Gasteiger partial charge >= 0.3 is 6.03 Å². The number of benzene rings is 3. The number of para-hydroxylation sites is 1. The number of carbonyl (C=O) groups excluding carboxylic acids is 1. The highest BCUT2D eigenvalue weighted by molar-refractivity contribution is 5.88. The van der Waals surface area contributed by atoms with E-state index in [4.69, 9.17) is 10.7 Å². The lowest BCUT2D eigenvalue weighted by Gasteiger charge is -2.07. The van der Waals surface area contributed by atoms with Gasteiger partial charge in [0, 0.05) is 11.4 Å². The van der Waals surface area contributed by atoms with E-state index in [-0.39, 0.29) is 0 Å². The highest BCUT2D eigenvalue weighted by Gasteiger charge is 2.10. The van der Waals surface area contributed by atoms with Gasteiger partial charge in [-0.25, -0.2) is 9.78 Å². The predicted octanol–water partition coefficient (Wildman–Crippen LogP) is 4.49. The Hall–Kier alpha value is -3.60. The predicted molar refractivity (Wildman–Crippen MR) is 104 cm³/mol. The Morgan fingerprint density at radius 3 is 2.35 bits per heavy atom. The van der Waals surface area contributed by atoms with Gasteiger partial charge in [0.2, 0.25) is 0 Å². The summed E-state index contributed by atoms with van der Waals surface area (Å²) in [4.78, 5) is 15.6. The fraction of sp³-hybridized carbons (Fsp3) is 0.0476. The number of urea groups is 1. The summed E-state index contributed by atoms with van der Waals surface area (Å²) in [5, 5.41) is 2.57. The minimum atomic E-state index is -0.568. The van der Waals surface area contributed by atoms with E-state index in [1.54, 1.807) is 0 Å². The van der Waals surface area contributed by atoms with Crippen LogP contribution in [0.15, 0.2) is 72.8 Å².